The lowest BCUT2D eigenvalue weighted by Crippen LogP contribution is -2.40. The van der Waals surface area contributed by atoms with E-state index < -0.39 is 22.8 Å². The number of hydrogen-bond acceptors (Lipinski definition) is 5. The van der Waals surface area contributed by atoms with Gasteiger partial charge in [0.05, 0.1) is 39.1 Å². The van der Waals surface area contributed by atoms with Crippen LogP contribution in [0.3, 0.4) is 0 Å². The molecule has 32 heavy (non-hydrogen) atoms. The number of hydrazone groups is 1. The van der Waals surface area contributed by atoms with Gasteiger partial charge in [0, 0.05) is 5.69 Å². The molecule has 0 bridgehead atoms. The number of H-pyrrole nitrogens is 1. The number of allylic oxidation sites excluding steroid dienone is 2. The van der Waals surface area contributed by atoms with E-state index in [1.54, 1.807) is 0 Å². The Balaban J connectivity index is 2.26. The van der Waals surface area contributed by atoms with Gasteiger partial charge in [-0.15, -0.1) is 0 Å². The largest absolute Gasteiger partial charge is 0.506 e. The zero-order valence-electron chi connectivity index (χ0n) is 20.7. The number of carbonyl (C=O) groups is 2. The van der Waals surface area contributed by atoms with E-state index in [4.69, 9.17) is 0 Å². The lowest BCUT2D eigenvalue weighted by Gasteiger charge is -2.28. The molecule has 1 aliphatic heterocycles. The van der Waals surface area contributed by atoms with Crippen LogP contribution in [0.4, 0.5) is 0 Å². The van der Waals surface area contributed by atoms with Crippen molar-refractivity contribution in [3.8, 4) is 0 Å². The average Bonchev–Trinajstić information content (AvgIpc) is 3.14. The lowest BCUT2D eigenvalue weighted by molar-refractivity contribution is -0.130. The maximum Gasteiger partial charge on any atom is 0.277 e. The summed E-state index contributed by atoms with van der Waals surface area (Å²) in [6.45, 7) is 18.8. The van der Waals surface area contributed by atoms with Gasteiger partial charge in [-0.25, -0.2) is 9.69 Å². The van der Waals surface area contributed by atoms with Crippen LogP contribution in [0.1, 0.15) is 86.4 Å². The van der Waals surface area contributed by atoms with Crippen LogP contribution in [0.2, 0.25) is 0 Å². The summed E-state index contributed by atoms with van der Waals surface area (Å²) in [6.07, 6.45) is 0. The van der Waals surface area contributed by atoms with E-state index in [0.29, 0.717) is 11.4 Å². The summed E-state index contributed by atoms with van der Waals surface area (Å²) in [5.41, 5.74) is -0.239. The van der Waals surface area contributed by atoms with Gasteiger partial charge in [0.1, 0.15) is 5.76 Å². The molecular formula is C24H34N4O4. The molecule has 1 aromatic rings. The van der Waals surface area contributed by atoms with Gasteiger partial charge in [-0.1, -0.05) is 27.7 Å². The first-order valence-electron chi connectivity index (χ1n) is 11.0. The molecule has 2 aliphatic rings. The minimum Gasteiger partial charge on any atom is -0.506 e. The van der Waals surface area contributed by atoms with Gasteiger partial charge in [-0.3, -0.25) is 19.5 Å². The van der Waals surface area contributed by atoms with Crippen molar-refractivity contribution in [3.05, 3.63) is 38.5 Å². The Kier molecular flexibility index (Phi) is 5.43. The highest BCUT2D eigenvalue weighted by Crippen LogP contribution is 2.42. The summed E-state index contributed by atoms with van der Waals surface area (Å²) >= 11 is 0. The number of aliphatic hydroxyl groups excluding tert-OH is 1. The zero-order chi connectivity index (χ0) is 24.5. The Morgan fingerprint density at radius 3 is 1.81 bits per heavy atom. The van der Waals surface area contributed by atoms with E-state index in [-0.39, 0.29) is 45.4 Å². The normalized spacial score (nSPS) is 20.1. The van der Waals surface area contributed by atoms with Crippen LogP contribution in [0.5, 0.6) is 0 Å². The van der Waals surface area contributed by atoms with Gasteiger partial charge in [0.25, 0.3) is 11.5 Å². The number of aromatic amines is 1. The van der Waals surface area contributed by atoms with Crippen molar-refractivity contribution in [1.29, 1.82) is 0 Å². The SMILES string of the molecule is CC(C)C1=NN(C(C)(C)C)C(=O)/C1=C1/C(=O)C(c2c(C(C)C)[nH]n(C(C)(C)C)c2=O)=C1O. The summed E-state index contributed by atoms with van der Waals surface area (Å²) in [6, 6.07) is 0. The first-order valence-corrected chi connectivity index (χ1v) is 11.0. The van der Waals surface area contributed by atoms with E-state index in [2.05, 4.69) is 10.2 Å². The van der Waals surface area contributed by atoms with Crippen molar-refractivity contribution >= 4 is 23.0 Å². The van der Waals surface area contributed by atoms with Crippen molar-refractivity contribution in [2.75, 3.05) is 0 Å². The molecule has 8 nitrogen and oxygen atoms in total. The predicted octanol–water partition coefficient (Wildman–Crippen LogP) is 3.86. The zero-order valence-corrected chi connectivity index (χ0v) is 20.7. The lowest BCUT2D eigenvalue weighted by atomic mass is 9.78. The van der Waals surface area contributed by atoms with Crippen LogP contribution in [0.15, 0.2) is 26.8 Å². The number of ketones is 1. The topological polar surface area (TPSA) is 108 Å². The minimum atomic E-state index is -0.583. The van der Waals surface area contributed by atoms with Crippen LogP contribution < -0.4 is 5.56 Å². The summed E-state index contributed by atoms with van der Waals surface area (Å²) in [4.78, 5) is 39.8. The van der Waals surface area contributed by atoms with E-state index >= 15 is 0 Å². The molecule has 0 aromatic carbocycles. The number of hydrogen-bond donors (Lipinski definition) is 2. The quantitative estimate of drug-likeness (QED) is 0.693. The van der Waals surface area contributed by atoms with Crippen molar-refractivity contribution in [1.82, 2.24) is 14.8 Å². The fraction of sp³-hybridized carbons (Fsp3) is 0.583. The van der Waals surface area contributed by atoms with Gasteiger partial charge in [0.15, 0.2) is 0 Å². The average molecular weight is 443 g/mol. The molecule has 0 fully saturated rings. The molecule has 1 aromatic heterocycles. The molecular weight excluding hydrogens is 408 g/mol. The van der Waals surface area contributed by atoms with Crippen LogP contribution >= 0.6 is 0 Å². The molecule has 0 radical (unpaired) electrons. The van der Waals surface area contributed by atoms with Gasteiger partial charge < -0.3 is 5.11 Å². The summed E-state index contributed by atoms with van der Waals surface area (Å²) in [5, 5.41) is 20.0. The molecule has 0 saturated heterocycles. The first-order chi connectivity index (χ1) is 14.5. The smallest absolute Gasteiger partial charge is 0.277 e. The second-order valence-corrected chi connectivity index (χ2v) is 11.1. The first kappa shape index (κ1) is 23.8. The van der Waals surface area contributed by atoms with Crippen LogP contribution in [0.25, 0.3) is 5.57 Å². The molecule has 2 N–H and O–H groups in total. The van der Waals surface area contributed by atoms with Crippen molar-refractivity contribution in [2.45, 2.75) is 86.2 Å². The van der Waals surface area contributed by atoms with Crippen LogP contribution in [0, 0.1) is 5.92 Å². The van der Waals surface area contributed by atoms with Crippen LogP contribution in [-0.4, -0.2) is 42.8 Å². The minimum absolute atomic E-state index is 0.0365. The number of Topliss-reactive ketones (excluding diaryl/α,β-unsaturated/α-hetero) is 1. The van der Waals surface area contributed by atoms with Crippen molar-refractivity contribution in [3.63, 3.8) is 0 Å². The maximum atomic E-state index is 13.4. The molecule has 0 atom stereocenters. The highest BCUT2D eigenvalue weighted by Gasteiger charge is 2.48. The number of nitrogens with one attached hydrogen (secondary N) is 1. The number of rotatable bonds is 3. The second kappa shape index (κ2) is 7.32. The molecule has 0 unspecified atom stereocenters. The molecule has 2 heterocycles. The van der Waals surface area contributed by atoms with E-state index in [1.165, 1.54) is 9.69 Å². The van der Waals surface area contributed by atoms with Gasteiger partial charge in [0.2, 0.25) is 5.78 Å². The number of aromatic nitrogens is 2. The fourth-order valence-electron chi connectivity index (χ4n) is 3.96. The van der Waals surface area contributed by atoms with E-state index in [1.807, 2.05) is 69.2 Å². The molecule has 3 rings (SSSR count). The highest BCUT2D eigenvalue weighted by atomic mass is 16.3. The Morgan fingerprint density at radius 1 is 0.844 bits per heavy atom. The Morgan fingerprint density at radius 2 is 1.41 bits per heavy atom. The predicted molar refractivity (Wildman–Crippen MR) is 125 cm³/mol. The third-order valence-corrected chi connectivity index (χ3v) is 5.65. The maximum absolute atomic E-state index is 13.4. The molecule has 0 saturated carbocycles. The van der Waals surface area contributed by atoms with E-state index in [0.717, 1.165) is 0 Å². The molecule has 8 heteroatoms. The van der Waals surface area contributed by atoms with Gasteiger partial charge in [-0.2, -0.15) is 5.10 Å². The van der Waals surface area contributed by atoms with E-state index in [9.17, 15) is 19.5 Å². The number of carbonyl (C=O) groups excluding carboxylic acids is 2. The van der Waals surface area contributed by atoms with Crippen LogP contribution in [-0.2, 0) is 15.1 Å². The van der Waals surface area contributed by atoms with Crippen molar-refractivity contribution in [2.24, 2.45) is 11.0 Å². The number of aliphatic hydroxyl groups is 1. The fourth-order valence-corrected chi connectivity index (χ4v) is 3.96. The molecule has 1 amide bonds. The van der Waals surface area contributed by atoms with Gasteiger partial charge in [-0.05, 0) is 53.4 Å². The number of amides is 1. The summed E-state index contributed by atoms with van der Waals surface area (Å²) in [5.74, 6) is -1.45. The molecule has 0 spiro atoms. The third kappa shape index (κ3) is 3.45. The van der Waals surface area contributed by atoms with Crippen molar-refractivity contribution < 1.29 is 14.7 Å². The monoisotopic (exact) mass is 442 g/mol. The third-order valence-electron chi connectivity index (χ3n) is 5.65. The molecule has 1 aliphatic carbocycles. The van der Waals surface area contributed by atoms with Gasteiger partial charge >= 0.3 is 0 Å². The Hall–Kier alpha value is -2.90. The highest BCUT2D eigenvalue weighted by molar-refractivity contribution is 6.44. The number of nitrogens with zero attached hydrogens (tertiary/aromatic N) is 3. The summed E-state index contributed by atoms with van der Waals surface area (Å²) in [7, 11) is 0. The second-order valence-electron chi connectivity index (χ2n) is 11.1. The Labute approximate surface area is 188 Å². The summed E-state index contributed by atoms with van der Waals surface area (Å²) < 4.78 is 1.47. The Bertz CT molecular complexity index is 1160. The standard InChI is InChI=1S/C24H34N4O4/c1-11(2)17-13(21(31)27(25-17)23(5,6)7)15-19(29)16(20(15)30)14-18(12(3)4)26-28(22(14)32)24(8,9)10/h11-12,25,29H,1-10H3/b16-14+. The molecule has 174 valence electrons.